The third-order valence-electron chi connectivity index (χ3n) is 5.31. The van der Waals surface area contributed by atoms with E-state index >= 15 is 0 Å². The zero-order valence-corrected chi connectivity index (χ0v) is 11.2. The van der Waals surface area contributed by atoms with E-state index in [4.69, 9.17) is 4.74 Å². The van der Waals surface area contributed by atoms with E-state index in [1.54, 1.807) is 0 Å². The smallest absolute Gasteiger partial charge is 0.0685 e. The maximum absolute atomic E-state index is 6.15. The SMILES string of the molecule is CC1CCNC(C2CCOC3(CCCC3)C2)C1. The van der Waals surface area contributed by atoms with E-state index in [2.05, 4.69) is 12.2 Å². The van der Waals surface area contributed by atoms with Crippen molar-refractivity contribution in [2.45, 2.75) is 69.9 Å². The summed E-state index contributed by atoms with van der Waals surface area (Å²) in [6.45, 7) is 4.66. The van der Waals surface area contributed by atoms with Gasteiger partial charge in [0.2, 0.25) is 0 Å². The van der Waals surface area contributed by atoms with E-state index in [-0.39, 0.29) is 0 Å². The molecule has 3 aliphatic rings. The van der Waals surface area contributed by atoms with Crippen molar-refractivity contribution < 1.29 is 4.74 Å². The van der Waals surface area contributed by atoms with E-state index in [0.717, 1.165) is 24.5 Å². The topological polar surface area (TPSA) is 21.3 Å². The number of nitrogens with one attached hydrogen (secondary N) is 1. The van der Waals surface area contributed by atoms with Crippen LogP contribution in [0.15, 0.2) is 0 Å². The second kappa shape index (κ2) is 4.89. The molecule has 3 atom stereocenters. The first kappa shape index (κ1) is 12.0. The summed E-state index contributed by atoms with van der Waals surface area (Å²) in [6.07, 6.45) is 10.8. The van der Waals surface area contributed by atoms with Crippen molar-refractivity contribution in [3.05, 3.63) is 0 Å². The molecule has 2 aliphatic heterocycles. The zero-order chi connectivity index (χ0) is 11.7. The molecule has 0 bridgehead atoms. The molecule has 0 aromatic rings. The van der Waals surface area contributed by atoms with Gasteiger partial charge < -0.3 is 10.1 Å². The number of piperidine rings is 1. The first-order valence-electron chi connectivity index (χ1n) is 7.65. The lowest BCUT2D eigenvalue weighted by Crippen LogP contribution is -2.48. The average Bonchev–Trinajstić information content (AvgIpc) is 2.77. The Morgan fingerprint density at radius 2 is 2.00 bits per heavy atom. The fourth-order valence-electron chi connectivity index (χ4n) is 4.29. The Hall–Kier alpha value is -0.0800. The van der Waals surface area contributed by atoms with Gasteiger partial charge in [0.25, 0.3) is 0 Å². The van der Waals surface area contributed by atoms with Crippen LogP contribution in [0.1, 0.15) is 58.3 Å². The molecule has 3 unspecified atom stereocenters. The van der Waals surface area contributed by atoms with Gasteiger partial charge in [-0.15, -0.1) is 0 Å². The standard InChI is InChI=1S/C15H27NO/c1-12-4-8-16-14(10-12)13-5-9-17-15(11-13)6-2-3-7-15/h12-14,16H,2-11H2,1H3. The van der Waals surface area contributed by atoms with Crippen molar-refractivity contribution in [2.75, 3.05) is 13.2 Å². The molecular formula is C15H27NO. The minimum atomic E-state index is 0.297. The summed E-state index contributed by atoms with van der Waals surface area (Å²) < 4.78 is 6.15. The highest BCUT2D eigenvalue weighted by molar-refractivity contribution is 4.95. The van der Waals surface area contributed by atoms with Gasteiger partial charge in [0.05, 0.1) is 5.60 Å². The quantitative estimate of drug-likeness (QED) is 0.756. The highest BCUT2D eigenvalue weighted by Crippen LogP contribution is 2.43. The molecule has 1 spiro atoms. The van der Waals surface area contributed by atoms with Gasteiger partial charge in [0.15, 0.2) is 0 Å². The molecule has 0 aromatic carbocycles. The predicted octanol–water partition coefficient (Wildman–Crippen LogP) is 3.11. The molecule has 2 heteroatoms. The summed E-state index contributed by atoms with van der Waals surface area (Å²) in [5.74, 6) is 1.80. The molecule has 1 saturated carbocycles. The third kappa shape index (κ3) is 2.53. The Bertz CT molecular complexity index is 260. The van der Waals surface area contributed by atoms with Crippen LogP contribution in [0.5, 0.6) is 0 Å². The summed E-state index contributed by atoms with van der Waals surface area (Å²) in [4.78, 5) is 0. The van der Waals surface area contributed by atoms with Crippen LogP contribution in [-0.4, -0.2) is 24.8 Å². The monoisotopic (exact) mass is 237 g/mol. The maximum atomic E-state index is 6.15. The third-order valence-corrected chi connectivity index (χ3v) is 5.31. The van der Waals surface area contributed by atoms with Crippen LogP contribution in [-0.2, 0) is 4.74 Å². The van der Waals surface area contributed by atoms with Crippen molar-refractivity contribution >= 4 is 0 Å². The molecule has 3 rings (SSSR count). The molecule has 2 saturated heterocycles. The van der Waals surface area contributed by atoms with Gasteiger partial charge >= 0.3 is 0 Å². The van der Waals surface area contributed by atoms with Crippen molar-refractivity contribution in [3.8, 4) is 0 Å². The van der Waals surface area contributed by atoms with E-state index in [1.807, 2.05) is 0 Å². The van der Waals surface area contributed by atoms with Crippen LogP contribution in [0, 0.1) is 11.8 Å². The van der Waals surface area contributed by atoms with Gasteiger partial charge in [-0.25, -0.2) is 0 Å². The van der Waals surface area contributed by atoms with Crippen LogP contribution in [0.2, 0.25) is 0 Å². The minimum Gasteiger partial charge on any atom is -0.375 e. The Kier molecular flexibility index (Phi) is 3.45. The molecule has 2 heterocycles. The van der Waals surface area contributed by atoms with Crippen LogP contribution >= 0.6 is 0 Å². The highest BCUT2D eigenvalue weighted by Gasteiger charge is 2.42. The second-order valence-electron chi connectivity index (χ2n) is 6.68. The van der Waals surface area contributed by atoms with E-state index in [1.165, 1.54) is 57.9 Å². The van der Waals surface area contributed by atoms with Crippen molar-refractivity contribution in [1.82, 2.24) is 5.32 Å². The van der Waals surface area contributed by atoms with Gasteiger partial charge in [-0.3, -0.25) is 0 Å². The first-order valence-corrected chi connectivity index (χ1v) is 7.65. The number of ether oxygens (including phenoxy) is 1. The summed E-state index contributed by atoms with van der Waals surface area (Å²) in [6, 6.07) is 0.778. The molecule has 0 radical (unpaired) electrons. The highest BCUT2D eigenvalue weighted by atomic mass is 16.5. The molecule has 0 amide bonds. The van der Waals surface area contributed by atoms with Gasteiger partial charge in [-0.1, -0.05) is 19.8 Å². The van der Waals surface area contributed by atoms with Crippen molar-refractivity contribution in [1.29, 1.82) is 0 Å². The Labute approximate surface area is 105 Å². The van der Waals surface area contributed by atoms with Gasteiger partial charge in [-0.05, 0) is 56.9 Å². The Morgan fingerprint density at radius 1 is 1.18 bits per heavy atom. The van der Waals surface area contributed by atoms with Crippen LogP contribution < -0.4 is 5.32 Å². The Morgan fingerprint density at radius 3 is 2.76 bits per heavy atom. The fourth-order valence-corrected chi connectivity index (χ4v) is 4.29. The summed E-state index contributed by atoms with van der Waals surface area (Å²) >= 11 is 0. The summed E-state index contributed by atoms with van der Waals surface area (Å²) in [5.41, 5.74) is 0.297. The molecule has 1 aliphatic carbocycles. The van der Waals surface area contributed by atoms with Crippen LogP contribution in [0.25, 0.3) is 0 Å². The zero-order valence-electron chi connectivity index (χ0n) is 11.2. The molecule has 3 fully saturated rings. The van der Waals surface area contributed by atoms with Crippen LogP contribution in [0.4, 0.5) is 0 Å². The van der Waals surface area contributed by atoms with Crippen molar-refractivity contribution in [3.63, 3.8) is 0 Å². The fraction of sp³-hybridized carbons (Fsp3) is 1.00. The maximum Gasteiger partial charge on any atom is 0.0685 e. The number of hydrogen-bond donors (Lipinski definition) is 1. The second-order valence-corrected chi connectivity index (χ2v) is 6.68. The van der Waals surface area contributed by atoms with E-state index in [0.29, 0.717) is 5.60 Å². The average molecular weight is 237 g/mol. The van der Waals surface area contributed by atoms with Gasteiger partial charge in [0, 0.05) is 12.6 Å². The first-order chi connectivity index (χ1) is 8.27. The largest absolute Gasteiger partial charge is 0.375 e. The lowest BCUT2D eigenvalue weighted by atomic mass is 9.77. The lowest BCUT2D eigenvalue weighted by molar-refractivity contribution is -0.0998. The van der Waals surface area contributed by atoms with Gasteiger partial charge in [-0.2, -0.15) is 0 Å². The molecule has 0 aromatic heterocycles. The molecule has 17 heavy (non-hydrogen) atoms. The number of rotatable bonds is 1. The minimum absolute atomic E-state index is 0.297. The lowest BCUT2D eigenvalue weighted by Gasteiger charge is -2.43. The van der Waals surface area contributed by atoms with Crippen LogP contribution in [0.3, 0.4) is 0 Å². The van der Waals surface area contributed by atoms with E-state index < -0.39 is 0 Å². The molecule has 98 valence electrons. The Balaban J connectivity index is 1.62. The van der Waals surface area contributed by atoms with Crippen molar-refractivity contribution in [2.24, 2.45) is 11.8 Å². The van der Waals surface area contributed by atoms with E-state index in [9.17, 15) is 0 Å². The summed E-state index contributed by atoms with van der Waals surface area (Å²) in [5, 5.41) is 3.77. The summed E-state index contributed by atoms with van der Waals surface area (Å²) in [7, 11) is 0. The molecular weight excluding hydrogens is 210 g/mol. The number of hydrogen-bond acceptors (Lipinski definition) is 2. The normalized spacial score (nSPS) is 41.8. The molecule has 1 N–H and O–H groups in total. The van der Waals surface area contributed by atoms with Gasteiger partial charge in [0.1, 0.15) is 0 Å². The predicted molar refractivity (Wildman–Crippen MR) is 70.1 cm³/mol. The molecule has 2 nitrogen and oxygen atoms in total.